The van der Waals surface area contributed by atoms with E-state index in [-0.39, 0.29) is 12.0 Å². The van der Waals surface area contributed by atoms with Gasteiger partial charge in [-0.25, -0.2) is 0 Å². The summed E-state index contributed by atoms with van der Waals surface area (Å²) in [6.07, 6.45) is 2.05. The number of rotatable bonds is 1. The lowest BCUT2D eigenvalue weighted by atomic mass is 10.1. The molecule has 0 aromatic rings. The Morgan fingerprint density at radius 2 is 2.50 bits per heavy atom. The molecule has 2 heteroatoms. The molecule has 0 radical (unpaired) electrons. The monoisotopic (exact) mass is 114 g/mol. The van der Waals surface area contributed by atoms with Gasteiger partial charge in [0.1, 0.15) is 6.29 Å². The lowest BCUT2D eigenvalue weighted by Crippen LogP contribution is -2.11. The van der Waals surface area contributed by atoms with Crippen LogP contribution in [0.5, 0.6) is 0 Å². The minimum atomic E-state index is 0.160. The fourth-order valence-corrected chi connectivity index (χ4v) is 0.927. The van der Waals surface area contributed by atoms with Gasteiger partial charge in [-0.15, -0.1) is 0 Å². The van der Waals surface area contributed by atoms with Crippen molar-refractivity contribution in [2.45, 2.75) is 19.4 Å². The van der Waals surface area contributed by atoms with Gasteiger partial charge in [0.15, 0.2) is 0 Å². The number of carbonyl (C=O) groups is 1. The first kappa shape index (κ1) is 5.76. The van der Waals surface area contributed by atoms with Crippen LogP contribution < -0.4 is 0 Å². The zero-order valence-electron chi connectivity index (χ0n) is 4.96. The lowest BCUT2D eigenvalue weighted by Gasteiger charge is -2.03. The second-order valence-corrected chi connectivity index (χ2v) is 2.16. The van der Waals surface area contributed by atoms with E-state index in [2.05, 4.69) is 0 Å². The predicted octanol–water partition coefficient (Wildman–Crippen LogP) is 0.610. The van der Waals surface area contributed by atoms with Gasteiger partial charge in [-0.2, -0.15) is 0 Å². The summed E-state index contributed by atoms with van der Waals surface area (Å²) in [6.45, 7) is 2.69. The SMILES string of the molecule is C[C@H]1OCC[C@H]1C=O. The summed E-state index contributed by atoms with van der Waals surface area (Å²) in [5, 5.41) is 0. The van der Waals surface area contributed by atoms with Crippen molar-refractivity contribution in [3.8, 4) is 0 Å². The molecule has 1 heterocycles. The van der Waals surface area contributed by atoms with Gasteiger partial charge < -0.3 is 9.53 Å². The Labute approximate surface area is 48.8 Å². The first-order valence-corrected chi connectivity index (χ1v) is 2.91. The largest absolute Gasteiger partial charge is 0.378 e. The van der Waals surface area contributed by atoms with E-state index in [4.69, 9.17) is 4.74 Å². The van der Waals surface area contributed by atoms with Gasteiger partial charge >= 0.3 is 0 Å². The minimum absolute atomic E-state index is 0.160. The molecule has 1 fully saturated rings. The summed E-state index contributed by atoms with van der Waals surface area (Å²) in [6, 6.07) is 0. The van der Waals surface area contributed by atoms with E-state index in [9.17, 15) is 4.79 Å². The molecule has 46 valence electrons. The van der Waals surface area contributed by atoms with Crippen LogP contribution in [0, 0.1) is 5.92 Å². The van der Waals surface area contributed by atoms with Gasteiger partial charge in [0, 0.05) is 12.5 Å². The highest BCUT2D eigenvalue weighted by Crippen LogP contribution is 2.17. The summed E-state index contributed by atoms with van der Waals surface area (Å²) in [5.74, 6) is 0.162. The summed E-state index contributed by atoms with van der Waals surface area (Å²) < 4.78 is 5.13. The van der Waals surface area contributed by atoms with Crippen molar-refractivity contribution in [2.24, 2.45) is 5.92 Å². The fourth-order valence-electron chi connectivity index (χ4n) is 0.927. The van der Waals surface area contributed by atoms with Crippen LogP contribution in [0.1, 0.15) is 13.3 Å². The third kappa shape index (κ3) is 0.892. The highest BCUT2D eigenvalue weighted by atomic mass is 16.5. The van der Waals surface area contributed by atoms with Gasteiger partial charge in [-0.1, -0.05) is 0 Å². The van der Waals surface area contributed by atoms with E-state index in [1.54, 1.807) is 0 Å². The van der Waals surface area contributed by atoms with Crippen molar-refractivity contribution in [3.05, 3.63) is 0 Å². The molecular formula is C6H10O2. The first-order chi connectivity index (χ1) is 3.84. The molecule has 2 atom stereocenters. The molecule has 1 aliphatic rings. The van der Waals surface area contributed by atoms with Crippen molar-refractivity contribution in [1.82, 2.24) is 0 Å². The molecule has 0 aromatic carbocycles. The lowest BCUT2D eigenvalue weighted by molar-refractivity contribution is -0.112. The van der Waals surface area contributed by atoms with Gasteiger partial charge in [0.2, 0.25) is 0 Å². The maximum absolute atomic E-state index is 10.1. The maximum atomic E-state index is 10.1. The van der Waals surface area contributed by atoms with Crippen molar-refractivity contribution in [1.29, 1.82) is 0 Å². The number of ether oxygens (including phenoxy) is 1. The molecular weight excluding hydrogens is 104 g/mol. The Balaban J connectivity index is 2.41. The molecule has 0 unspecified atom stereocenters. The zero-order chi connectivity index (χ0) is 5.98. The van der Waals surface area contributed by atoms with Crippen LogP contribution in [-0.2, 0) is 9.53 Å². The van der Waals surface area contributed by atoms with Crippen molar-refractivity contribution < 1.29 is 9.53 Å². The van der Waals surface area contributed by atoms with Gasteiger partial charge in [-0.3, -0.25) is 0 Å². The molecule has 1 rings (SSSR count). The Bertz CT molecular complexity index is 90.5. The van der Waals surface area contributed by atoms with Crippen molar-refractivity contribution >= 4 is 6.29 Å². The van der Waals surface area contributed by atoms with Gasteiger partial charge in [-0.05, 0) is 13.3 Å². The third-order valence-corrected chi connectivity index (χ3v) is 1.61. The molecule has 0 amide bonds. The summed E-state index contributed by atoms with van der Waals surface area (Å²) >= 11 is 0. The van der Waals surface area contributed by atoms with Gasteiger partial charge in [0.25, 0.3) is 0 Å². The minimum Gasteiger partial charge on any atom is -0.378 e. The van der Waals surface area contributed by atoms with Crippen molar-refractivity contribution in [2.75, 3.05) is 6.61 Å². The van der Waals surface area contributed by atoms with Crippen LogP contribution in [0.2, 0.25) is 0 Å². The number of carbonyl (C=O) groups excluding carboxylic acids is 1. The van der Waals surface area contributed by atoms with E-state index in [1.165, 1.54) is 0 Å². The van der Waals surface area contributed by atoms with E-state index >= 15 is 0 Å². The average molecular weight is 114 g/mol. The smallest absolute Gasteiger partial charge is 0.125 e. The Kier molecular flexibility index (Phi) is 1.63. The standard InChI is InChI=1S/C6H10O2/c1-5-6(4-7)2-3-8-5/h4-6H,2-3H2,1H3/t5-,6+/m1/s1. The van der Waals surface area contributed by atoms with Crippen molar-refractivity contribution in [3.63, 3.8) is 0 Å². The average Bonchev–Trinajstić information content (AvgIpc) is 2.14. The highest BCUT2D eigenvalue weighted by Gasteiger charge is 2.22. The van der Waals surface area contributed by atoms with Crippen LogP contribution in [0.25, 0.3) is 0 Å². The van der Waals surface area contributed by atoms with E-state index in [0.29, 0.717) is 0 Å². The Morgan fingerprint density at radius 1 is 1.75 bits per heavy atom. The molecule has 1 aliphatic heterocycles. The molecule has 0 N–H and O–H groups in total. The predicted molar refractivity (Wildman–Crippen MR) is 29.6 cm³/mol. The van der Waals surface area contributed by atoms with Crippen LogP contribution >= 0.6 is 0 Å². The molecule has 8 heavy (non-hydrogen) atoms. The fraction of sp³-hybridized carbons (Fsp3) is 0.833. The molecule has 1 saturated heterocycles. The van der Waals surface area contributed by atoms with E-state index in [1.807, 2.05) is 6.92 Å². The third-order valence-electron chi connectivity index (χ3n) is 1.61. The molecule has 0 aromatic heterocycles. The summed E-state index contributed by atoms with van der Waals surface area (Å²) in [7, 11) is 0. The van der Waals surface area contributed by atoms with Crippen LogP contribution in [0.3, 0.4) is 0 Å². The second-order valence-electron chi connectivity index (χ2n) is 2.16. The van der Waals surface area contributed by atoms with E-state index < -0.39 is 0 Å². The second kappa shape index (κ2) is 2.27. The summed E-state index contributed by atoms with van der Waals surface area (Å²) in [4.78, 5) is 10.1. The maximum Gasteiger partial charge on any atom is 0.125 e. The van der Waals surface area contributed by atoms with E-state index in [0.717, 1.165) is 19.3 Å². The van der Waals surface area contributed by atoms with Crippen LogP contribution in [0.15, 0.2) is 0 Å². The highest BCUT2D eigenvalue weighted by molar-refractivity contribution is 5.54. The number of hydrogen-bond acceptors (Lipinski definition) is 2. The topological polar surface area (TPSA) is 26.3 Å². The summed E-state index contributed by atoms with van der Waals surface area (Å²) in [5.41, 5.74) is 0. The molecule has 0 aliphatic carbocycles. The Morgan fingerprint density at radius 3 is 2.75 bits per heavy atom. The number of hydrogen-bond donors (Lipinski definition) is 0. The molecule has 0 bridgehead atoms. The molecule has 2 nitrogen and oxygen atoms in total. The molecule has 0 spiro atoms. The molecule has 0 saturated carbocycles. The van der Waals surface area contributed by atoms with Gasteiger partial charge in [0.05, 0.1) is 6.10 Å². The van der Waals surface area contributed by atoms with Crippen LogP contribution in [0.4, 0.5) is 0 Å². The Hall–Kier alpha value is -0.370. The van der Waals surface area contributed by atoms with Crippen LogP contribution in [-0.4, -0.2) is 19.0 Å². The first-order valence-electron chi connectivity index (χ1n) is 2.91. The zero-order valence-corrected chi connectivity index (χ0v) is 4.96. The quantitative estimate of drug-likeness (QED) is 0.467. The number of aldehydes is 1. The normalized spacial score (nSPS) is 37.6.